The van der Waals surface area contributed by atoms with Gasteiger partial charge in [-0.05, 0) is 78.7 Å². The van der Waals surface area contributed by atoms with Crippen LogP contribution in [-0.4, -0.2) is 31.9 Å². The number of anilines is 2. The third-order valence-corrected chi connectivity index (χ3v) is 7.87. The molecule has 0 heterocycles. The van der Waals surface area contributed by atoms with Crippen molar-refractivity contribution in [3.63, 3.8) is 0 Å². The smallest absolute Gasteiger partial charge is 0.272 e. The van der Waals surface area contributed by atoms with Gasteiger partial charge in [0.25, 0.3) is 11.8 Å². The molecule has 4 aromatic carbocycles. The molecule has 5 N–H and O–H groups in total. The average molecular weight is 601 g/mol. The third-order valence-electron chi connectivity index (χ3n) is 5.95. The topological polar surface area (TPSA) is 147 Å². The fourth-order valence-corrected chi connectivity index (χ4v) is 5.05. The van der Waals surface area contributed by atoms with Crippen molar-refractivity contribution in [3.05, 3.63) is 126 Å². The van der Waals surface area contributed by atoms with E-state index in [-0.39, 0.29) is 22.3 Å². The molecule has 9 nitrogen and oxygen atoms in total. The van der Waals surface area contributed by atoms with E-state index in [1.54, 1.807) is 60.7 Å². The van der Waals surface area contributed by atoms with E-state index in [1.165, 1.54) is 36.0 Å². The van der Waals surface area contributed by atoms with Gasteiger partial charge in [0.2, 0.25) is 15.9 Å². The number of thioether (sulfide) groups is 1. The number of hydrogen-bond donors (Lipinski definition) is 4. The average Bonchev–Trinajstić information content (AvgIpc) is 2.97. The normalized spacial score (nSPS) is 11.4. The summed E-state index contributed by atoms with van der Waals surface area (Å²) in [5, 5.41) is 13.4. The minimum Gasteiger partial charge on any atom is -0.325 e. The fourth-order valence-electron chi connectivity index (χ4n) is 3.78. The Morgan fingerprint density at radius 2 is 1.50 bits per heavy atom. The highest BCUT2D eigenvalue weighted by Crippen LogP contribution is 2.23. The SMILES string of the molecule is Cc1ccccc1/C=C(\NC(=O)c1ccccc1)C(=O)Nc1cccc(SCC(=O)Nc2ccc(S(N)(=O)=O)cc2)c1. The molecule has 0 bridgehead atoms. The van der Waals surface area contributed by atoms with Crippen LogP contribution in [0.3, 0.4) is 0 Å². The van der Waals surface area contributed by atoms with Gasteiger partial charge < -0.3 is 16.0 Å². The molecule has 11 heteroatoms. The molecule has 214 valence electrons. The van der Waals surface area contributed by atoms with Crippen molar-refractivity contribution in [1.82, 2.24) is 5.32 Å². The summed E-state index contributed by atoms with van der Waals surface area (Å²) in [7, 11) is -3.82. The van der Waals surface area contributed by atoms with Crippen molar-refractivity contribution in [1.29, 1.82) is 0 Å². The van der Waals surface area contributed by atoms with Crippen molar-refractivity contribution in [3.8, 4) is 0 Å². The molecular weight excluding hydrogens is 572 g/mol. The second kappa shape index (κ2) is 13.8. The maximum atomic E-state index is 13.4. The summed E-state index contributed by atoms with van der Waals surface area (Å²) >= 11 is 1.25. The van der Waals surface area contributed by atoms with Crippen LogP contribution in [0, 0.1) is 6.92 Å². The van der Waals surface area contributed by atoms with E-state index in [0.29, 0.717) is 16.9 Å². The summed E-state index contributed by atoms with van der Waals surface area (Å²) in [6.45, 7) is 1.91. The van der Waals surface area contributed by atoms with E-state index in [1.807, 2.05) is 31.2 Å². The molecule has 0 aliphatic carbocycles. The summed E-state index contributed by atoms with van der Waals surface area (Å²) in [5.41, 5.74) is 3.12. The molecule has 0 aromatic heterocycles. The second-order valence-electron chi connectivity index (χ2n) is 9.12. The Morgan fingerprint density at radius 1 is 0.810 bits per heavy atom. The van der Waals surface area contributed by atoms with Gasteiger partial charge >= 0.3 is 0 Å². The first kappa shape index (κ1) is 30.3. The van der Waals surface area contributed by atoms with Crippen molar-refractivity contribution in [2.24, 2.45) is 5.14 Å². The van der Waals surface area contributed by atoms with E-state index in [4.69, 9.17) is 5.14 Å². The third kappa shape index (κ3) is 8.64. The van der Waals surface area contributed by atoms with Crippen molar-refractivity contribution >= 4 is 57.0 Å². The maximum absolute atomic E-state index is 13.4. The Kier molecular flexibility index (Phi) is 9.92. The van der Waals surface area contributed by atoms with E-state index < -0.39 is 21.8 Å². The van der Waals surface area contributed by atoms with Gasteiger partial charge in [-0.2, -0.15) is 0 Å². The zero-order valence-electron chi connectivity index (χ0n) is 22.5. The predicted molar refractivity (Wildman–Crippen MR) is 165 cm³/mol. The van der Waals surface area contributed by atoms with Gasteiger partial charge in [0.1, 0.15) is 5.70 Å². The minimum absolute atomic E-state index is 0.0507. The number of benzene rings is 4. The van der Waals surface area contributed by atoms with Gasteiger partial charge in [-0.3, -0.25) is 14.4 Å². The van der Waals surface area contributed by atoms with Crippen LogP contribution in [0.25, 0.3) is 6.08 Å². The summed E-state index contributed by atoms with van der Waals surface area (Å²) in [5.74, 6) is -1.16. The first-order valence-electron chi connectivity index (χ1n) is 12.7. The highest BCUT2D eigenvalue weighted by Gasteiger charge is 2.16. The minimum atomic E-state index is -3.82. The molecular formula is C31H28N4O5S2. The van der Waals surface area contributed by atoms with Crippen LogP contribution in [0.5, 0.6) is 0 Å². The molecule has 0 radical (unpaired) electrons. The molecule has 0 spiro atoms. The molecule has 42 heavy (non-hydrogen) atoms. The van der Waals surface area contributed by atoms with Crippen molar-refractivity contribution in [2.45, 2.75) is 16.7 Å². The molecule has 4 rings (SSSR count). The Morgan fingerprint density at radius 3 is 2.19 bits per heavy atom. The van der Waals surface area contributed by atoms with Crippen LogP contribution < -0.4 is 21.1 Å². The fraction of sp³-hybridized carbons (Fsp3) is 0.0645. The monoisotopic (exact) mass is 600 g/mol. The number of sulfonamides is 1. The van der Waals surface area contributed by atoms with E-state index in [2.05, 4.69) is 16.0 Å². The second-order valence-corrected chi connectivity index (χ2v) is 11.7. The van der Waals surface area contributed by atoms with Crippen molar-refractivity contribution in [2.75, 3.05) is 16.4 Å². The highest BCUT2D eigenvalue weighted by atomic mass is 32.2. The molecule has 0 atom stereocenters. The van der Waals surface area contributed by atoms with Gasteiger partial charge in [0.05, 0.1) is 10.6 Å². The molecule has 3 amide bonds. The van der Waals surface area contributed by atoms with Crippen LogP contribution >= 0.6 is 11.8 Å². The summed E-state index contributed by atoms with van der Waals surface area (Å²) < 4.78 is 22.8. The molecule has 4 aromatic rings. The van der Waals surface area contributed by atoms with Gasteiger partial charge in [-0.25, -0.2) is 13.6 Å². The summed E-state index contributed by atoms with van der Waals surface area (Å²) in [6.07, 6.45) is 1.63. The zero-order chi connectivity index (χ0) is 30.1. The number of rotatable bonds is 10. The molecule has 0 aliphatic rings. The maximum Gasteiger partial charge on any atom is 0.272 e. The lowest BCUT2D eigenvalue weighted by Gasteiger charge is -2.13. The Hall–Kier alpha value is -4.71. The lowest BCUT2D eigenvalue weighted by molar-refractivity contribution is -0.114. The number of hydrogen-bond acceptors (Lipinski definition) is 6. The van der Waals surface area contributed by atoms with Crippen LogP contribution in [0.4, 0.5) is 11.4 Å². The number of nitrogens with one attached hydrogen (secondary N) is 3. The van der Waals surface area contributed by atoms with Crippen LogP contribution in [0.2, 0.25) is 0 Å². The Labute approximate surface area is 248 Å². The van der Waals surface area contributed by atoms with Gasteiger partial charge in [0.15, 0.2) is 0 Å². The van der Waals surface area contributed by atoms with E-state index in [0.717, 1.165) is 16.0 Å². The highest BCUT2D eigenvalue weighted by molar-refractivity contribution is 8.00. The van der Waals surface area contributed by atoms with Gasteiger partial charge in [0, 0.05) is 21.8 Å². The Bertz CT molecular complexity index is 1740. The number of carbonyl (C=O) groups excluding carboxylic acids is 3. The van der Waals surface area contributed by atoms with E-state index >= 15 is 0 Å². The van der Waals surface area contributed by atoms with Crippen LogP contribution in [-0.2, 0) is 19.6 Å². The lowest BCUT2D eigenvalue weighted by atomic mass is 10.1. The quantitative estimate of drug-likeness (QED) is 0.152. The predicted octanol–water partition coefficient (Wildman–Crippen LogP) is 4.78. The summed E-state index contributed by atoms with van der Waals surface area (Å²) in [6, 6.07) is 28.6. The molecule has 0 unspecified atom stereocenters. The molecule has 0 aliphatic heterocycles. The zero-order valence-corrected chi connectivity index (χ0v) is 24.2. The molecule has 0 saturated carbocycles. The number of aryl methyl sites for hydroxylation is 1. The van der Waals surface area contributed by atoms with Crippen molar-refractivity contribution < 1.29 is 22.8 Å². The summed E-state index contributed by atoms with van der Waals surface area (Å²) in [4.78, 5) is 39.4. The largest absolute Gasteiger partial charge is 0.325 e. The Balaban J connectivity index is 1.43. The standard InChI is InChI=1S/C31H28N4O5S2/c1-21-8-5-6-11-23(21)18-28(35-30(37)22-9-3-2-4-10-22)31(38)34-25-12-7-13-26(19-25)41-20-29(36)33-24-14-16-27(17-15-24)42(32,39)40/h2-19H,20H2,1H3,(H,33,36)(H,34,38)(H,35,37)(H2,32,39,40)/b28-18-. The number of nitrogens with two attached hydrogens (primary N) is 1. The molecule has 0 saturated heterocycles. The number of carbonyl (C=O) groups is 3. The van der Waals surface area contributed by atoms with E-state index in [9.17, 15) is 22.8 Å². The molecule has 0 fully saturated rings. The number of amides is 3. The first-order valence-corrected chi connectivity index (χ1v) is 15.2. The van der Waals surface area contributed by atoms with Crippen LogP contribution in [0.15, 0.2) is 119 Å². The van der Waals surface area contributed by atoms with Gasteiger partial charge in [-0.15, -0.1) is 11.8 Å². The first-order chi connectivity index (χ1) is 20.1. The van der Waals surface area contributed by atoms with Crippen LogP contribution in [0.1, 0.15) is 21.5 Å². The van der Waals surface area contributed by atoms with Gasteiger partial charge in [-0.1, -0.05) is 48.5 Å². The number of primary sulfonamides is 1. The lowest BCUT2D eigenvalue weighted by Crippen LogP contribution is -2.30.